The van der Waals surface area contributed by atoms with Gasteiger partial charge in [-0.2, -0.15) is 0 Å². The molecule has 0 atom stereocenters. The van der Waals surface area contributed by atoms with Gasteiger partial charge in [0.25, 0.3) is 0 Å². The maximum absolute atomic E-state index is 11.7. The smallest absolute Gasteiger partial charge is 0.219 e. The number of quaternary nitrogens is 1. The van der Waals surface area contributed by atoms with Gasteiger partial charge in [-0.1, -0.05) is 45.4 Å². The van der Waals surface area contributed by atoms with Crippen LogP contribution in [0.1, 0.15) is 71.6 Å². The minimum Gasteiger partial charge on any atom is -0.356 e. The predicted octanol–water partition coefficient (Wildman–Crippen LogP) is 3.30. The van der Waals surface area contributed by atoms with Gasteiger partial charge in [-0.05, 0) is 6.42 Å². The summed E-state index contributed by atoms with van der Waals surface area (Å²) in [6.07, 6.45) is 10.2. The van der Waals surface area contributed by atoms with Gasteiger partial charge in [0.05, 0.1) is 20.6 Å². The molecule has 0 saturated heterocycles. The second-order valence-corrected chi connectivity index (χ2v) is 7.09. The van der Waals surface area contributed by atoms with Crippen molar-refractivity contribution in [2.24, 2.45) is 0 Å². The van der Waals surface area contributed by atoms with E-state index in [1.165, 1.54) is 38.5 Å². The lowest BCUT2D eigenvalue weighted by atomic mass is 10.1. The van der Waals surface area contributed by atoms with Crippen LogP contribution in [0.2, 0.25) is 0 Å². The molecule has 4 nitrogen and oxygen atoms in total. The number of likely N-dealkylation sites (N-methyl/N-ethyl adjacent to an activating group) is 1. The van der Waals surface area contributed by atoms with E-state index >= 15 is 0 Å². The summed E-state index contributed by atoms with van der Waals surface area (Å²) in [5.41, 5.74) is 0. The van der Waals surface area contributed by atoms with Crippen molar-refractivity contribution in [3.63, 3.8) is 0 Å². The van der Waals surface area contributed by atoms with E-state index in [4.69, 9.17) is 0 Å². The first-order valence-electron chi connectivity index (χ1n) is 8.95. The number of Topliss-reactive ketones (excluding diaryl/α,β-unsaturated/α-hetero) is 1. The molecule has 0 aliphatic heterocycles. The molecule has 0 aliphatic rings. The second kappa shape index (κ2) is 12.6. The van der Waals surface area contributed by atoms with Crippen LogP contribution in [0, 0.1) is 0 Å². The van der Waals surface area contributed by atoms with Gasteiger partial charge in [-0.3, -0.25) is 9.59 Å². The van der Waals surface area contributed by atoms with Crippen LogP contribution in [0.4, 0.5) is 0 Å². The van der Waals surface area contributed by atoms with Crippen LogP contribution in [0.3, 0.4) is 0 Å². The SMILES string of the molecule is CCCCCCCCCC(=O)NCCC[N+](C)(C)CC(C)=O. The van der Waals surface area contributed by atoms with E-state index in [2.05, 4.69) is 26.3 Å². The molecule has 1 N–H and O–H groups in total. The van der Waals surface area contributed by atoms with Crippen LogP contribution in [0.5, 0.6) is 0 Å². The minimum atomic E-state index is 0.172. The number of hydrogen-bond donors (Lipinski definition) is 1. The second-order valence-electron chi connectivity index (χ2n) is 7.09. The summed E-state index contributed by atoms with van der Waals surface area (Å²) in [4.78, 5) is 22.9. The van der Waals surface area contributed by atoms with E-state index < -0.39 is 0 Å². The maximum atomic E-state index is 11.7. The molecule has 0 spiro atoms. The van der Waals surface area contributed by atoms with Gasteiger partial charge < -0.3 is 9.80 Å². The lowest BCUT2D eigenvalue weighted by Crippen LogP contribution is -2.44. The topological polar surface area (TPSA) is 46.2 Å². The third-order valence-electron chi connectivity index (χ3n) is 3.92. The van der Waals surface area contributed by atoms with Crippen LogP contribution >= 0.6 is 0 Å². The van der Waals surface area contributed by atoms with Crippen molar-refractivity contribution in [1.82, 2.24) is 5.32 Å². The number of carbonyl (C=O) groups is 2. The fraction of sp³-hybridized carbons (Fsp3) is 0.889. The van der Waals surface area contributed by atoms with Gasteiger partial charge in [0, 0.05) is 26.3 Å². The molecule has 4 heteroatoms. The van der Waals surface area contributed by atoms with E-state index in [-0.39, 0.29) is 11.7 Å². The highest BCUT2D eigenvalue weighted by Gasteiger charge is 2.16. The molecule has 0 aliphatic carbocycles. The van der Waals surface area contributed by atoms with Crippen molar-refractivity contribution in [3.05, 3.63) is 0 Å². The molecule has 130 valence electrons. The molecular weight excluding hydrogens is 276 g/mol. The van der Waals surface area contributed by atoms with Crippen LogP contribution in [0.15, 0.2) is 0 Å². The molecule has 0 aromatic carbocycles. The minimum absolute atomic E-state index is 0.172. The Labute approximate surface area is 137 Å². The van der Waals surface area contributed by atoms with E-state index in [0.29, 0.717) is 17.4 Å². The van der Waals surface area contributed by atoms with E-state index in [1.54, 1.807) is 6.92 Å². The van der Waals surface area contributed by atoms with Crippen molar-refractivity contribution >= 4 is 11.7 Å². The Kier molecular flexibility index (Phi) is 12.1. The Morgan fingerprint density at radius 2 is 1.50 bits per heavy atom. The summed E-state index contributed by atoms with van der Waals surface area (Å²) in [5, 5.41) is 2.99. The monoisotopic (exact) mass is 313 g/mol. The Morgan fingerprint density at radius 1 is 0.909 bits per heavy atom. The summed E-state index contributed by atoms with van der Waals surface area (Å²) < 4.78 is 0.697. The Bertz CT molecular complexity index is 314. The average Bonchev–Trinajstić information content (AvgIpc) is 2.41. The zero-order valence-electron chi connectivity index (χ0n) is 15.2. The Balaban J connectivity index is 3.48. The van der Waals surface area contributed by atoms with Crippen LogP contribution in [-0.2, 0) is 9.59 Å². The molecule has 0 rings (SSSR count). The van der Waals surface area contributed by atoms with Gasteiger partial charge in [-0.25, -0.2) is 0 Å². The van der Waals surface area contributed by atoms with E-state index in [1.807, 2.05) is 0 Å². The largest absolute Gasteiger partial charge is 0.356 e. The lowest BCUT2D eigenvalue weighted by molar-refractivity contribution is -0.882. The highest BCUT2D eigenvalue weighted by molar-refractivity contribution is 5.76. The van der Waals surface area contributed by atoms with Gasteiger partial charge in [0.1, 0.15) is 6.54 Å². The summed E-state index contributed by atoms with van der Waals surface area (Å²) in [6, 6.07) is 0. The molecule has 0 heterocycles. The first-order valence-corrected chi connectivity index (χ1v) is 8.95. The zero-order valence-corrected chi connectivity index (χ0v) is 15.2. The fourth-order valence-electron chi connectivity index (χ4n) is 2.75. The number of rotatable bonds is 14. The molecule has 0 saturated carbocycles. The standard InChI is InChI=1S/C18H36N2O2/c1-5-6-7-8-9-10-11-13-18(22)19-14-12-15-20(3,4)16-17(2)21/h5-16H2,1-4H3/p+1. The number of amides is 1. The van der Waals surface area contributed by atoms with Crippen molar-refractivity contribution in [3.8, 4) is 0 Å². The van der Waals surface area contributed by atoms with Crippen LogP contribution in [-0.4, -0.2) is 49.9 Å². The maximum Gasteiger partial charge on any atom is 0.219 e. The van der Waals surface area contributed by atoms with Gasteiger partial charge >= 0.3 is 0 Å². The molecule has 0 fully saturated rings. The zero-order chi connectivity index (χ0) is 16.8. The number of hydrogen-bond acceptors (Lipinski definition) is 2. The predicted molar refractivity (Wildman–Crippen MR) is 92.8 cm³/mol. The molecule has 0 unspecified atom stereocenters. The number of ketones is 1. The number of nitrogens with zero attached hydrogens (tertiary/aromatic N) is 1. The molecular formula is C18H37N2O2+. The van der Waals surface area contributed by atoms with Crippen molar-refractivity contribution < 1.29 is 14.1 Å². The summed E-state index contributed by atoms with van der Waals surface area (Å²) in [7, 11) is 4.11. The van der Waals surface area contributed by atoms with Crippen molar-refractivity contribution in [2.45, 2.75) is 71.6 Å². The Hall–Kier alpha value is -0.900. The van der Waals surface area contributed by atoms with E-state index in [0.717, 1.165) is 25.9 Å². The number of nitrogens with one attached hydrogen (secondary N) is 1. The van der Waals surface area contributed by atoms with Crippen molar-refractivity contribution in [1.29, 1.82) is 0 Å². The van der Waals surface area contributed by atoms with E-state index in [9.17, 15) is 9.59 Å². The number of unbranched alkanes of at least 4 members (excludes halogenated alkanes) is 6. The van der Waals surface area contributed by atoms with Gasteiger partial charge in [-0.15, -0.1) is 0 Å². The van der Waals surface area contributed by atoms with Gasteiger partial charge in [0.15, 0.2) is 5.78 Å². The molecule has 0 radical (unpaired) electrons. The normalized spacial score (nSPS) is 11.5. The van der Waals surface area contributed by atoms with Gasteiger partial charge in [0.2, 0.25) is 5.91 Å². The summed E-state index contributed by atoms with van der Waals surface area (Å²) in [5.74, 6) is 0.387. The lowest BCUT2D eigenvalue weighted by Gasteiger charge is -2.28. The summed E-state index contributed by atoms with van der Waals surface area (Å²) >= 11 is 0. The van der Waals surface area contributed by atoms with Crippen LogP contribution < -0.4 is 5.32 Å². The first kappa shape index (κ1) is 21.1. The molecule has 0 aromatic heterocycles. The average molecular weight is 314 g/mol. The third-order valence-corrected chi connectivity index (χ3v) is 3.92. The Morgan fingerprint density at radius 3 is 2.09 bits per heavy atom. The molecule has 0 bridgehead atoms. The summed E-state index contributed by atoms with van der Waals surface area (Å²) in [6.45, 7) is 6.05. The first-order chi connectivity index (χ1) is 10.4. The highest BCUT2D eigenvalue weighted by Crippen LogP contribution is 2.08. The van der Waals surface area contributed by atoms with Crippen molar-refractivity contribution in [2.75, 3.05) is 33.7 Å². The quantitative estimate of drug-likeness (QED) is 0.395. The molecule has 22 heavy (non-hydrogen) atoms. The molecule has 1 amide bonds. The third kappa shape index (κ3) is 14.1. The highest BCUT2D eigenvalue weighted by atomic mass is 16.1. The van der Waals surface area contributed by atoms with Crippen LogP contribution in [0.25, 0.3) is 0 Å². The fourth-order valence-corrected chi connectivity index (χ4v) is 2.75. The molecule has 0 aromatic rings. The number of carbonyl (C=O) groups excluding carboxylic acids is 2.